The van der Waals surface area contributed by atoms with E-state index in [2.05, 4.69) is 6.92 Å². The van der Waals surface area contributed by atoms with Crippen molar-refractivity contribution in [3.63, 3.8) is 0 Å². The lowest BCUT2D eigenvalue weighted by Crippen LogP contribution is -2.26. The van der Waals surface area contributed by atoms with Gasteiger partial charge in [0.1, 0.15) is 0 Å². The Morgan fingerprint density at radius 1 is 1.33 bits per heavy atom. The van der Waals surface area contributed by atoms with Crippen LogP contribution in [0, 0.1) is 0 Å². The zero-order valence-electron chi connectivity index (χ0n) is 10.9. The van der Waals surface area contributed by atoms with Gasteiger partial charge < -0.3 is 9.84 Å². The van der Waals surface area contributed by atoms with Crippen LogP contribution in [0.5, 0.6) is 5.06 Å². The monoisotopic (exact) mass is 270 g/mol. The van der Waals surface area contributed by atoms with E-state index >= 15 is 0 Å². The summed E-state index contributed by atoms with van der Waals surface area (Å²) in [5.74, 6) is -0.864. The second-order valence-corrected chi connectivity index (χ2v) is 5.34. The minimum absolute atomic E-state index is 0.597. The molecular formula is C14H22O3S. The number of thiophene rings is 1. The molecule has 1 heterocycles. The number of ether oxygens (including phenoxy) is 1. The normalized spacial score (nSPS) is 12.3. The van der Waals surface area contributed by atoms with E-state index in [1.54, 1.807) is 0 Å². The molecular weight excluding hydrogens is 248 g/mol. The van der Waals surface area contributed by atoms with E-state index in [4.69, 9.17) is 9.84 Å². The van der Waals surface area contributed by atoms with Gasteiger partial charge in [0.25, 0.3) is 0 Å². The van der Waals surface area contributed by atoms with Gasteiger partial charge in [-0.15, -0.1) is 11.3 Å². The Morgan fingerprint density at radius 2 is 2.06 bits per heavy atom. The molecule has 0 aliphatic carbocycles. The average Bonchev–Trinajstić information content (AvgIpc) is 2.84. The summed E-state index contributed by atoms with van der Waals surface area (Å²) in [6.07, 6.45) is 6.87. The fourth-order valence-corrected chi connectivity index (χ4v) is 2.43. The molecule has 0 aliphatic heterocycles. The van der Waals surface area contributed by atoms with Gasteiger partial charge in [-0.2, -0.15) is 0 Å². The molecule has 1 atom stereocenters. The van der Waals surface area contributed by atoms with E-state index in [0.29, 0.717) is 11.5 Å². The highest BCUT2D eigenvalue weighted by atomic mass is 32.1. The first-order valence-electron chi connectivity index (χ1n) is 6.67. The van der Waals surface area contributed by atoms with Crippen LogP contribution in [0.25, 0.3) is 0 Å². The van der Waals surface area contributed by atoms with Gasteiger partial charge in [-0.1, -0.05) is 39.0 Å². The van der Waals surface area contributed by atoms with Crippen LogP contribution in [0.4, 0.5) is 0 Å². The van der Waals surface area contributed by atoms with Crippen molar-refractivity contribution in [1.82, 2.24) is 0 Å². The quantitative estimate of drug-likeness (QED) is 0.644. The Kier molecular flexibility index (Phi) is 7.49. The molecule has 0 saturated heterocycles. The Hall–Kier alpha value is -1.03. The summed E-state index contributed by atoms with van der Waals surface area (Å²) in [7, 11) is 0. The molecule has 1 unspecified atom stereocenters. The number of carboxylic acid groups (broad SMARTS) is 1. The molecule has 1 aromatic rings. The van der Waals surface area contributed by atoms with Gasteiger partial charge >= 0.3 is 5.97 Å². The average molecular weight is 270 g/mol. The Labute approximate surface area is 113 Å². The largest absolute Gasteiger partial charge is 0.479 e. The number of hydrogen-bond donors (Lipinski definition) is 1. The van der Waals surface area contributed by atoms with Crippen molar-refractivity contribution in [2.45, 2.75) is 58.0 Å². The van der Waals surface area contributed by atoms with Gasteiger partial charge in [0.15, 0.2) is 11.2 Å². The van der Waals surface area contributed by atoms with Gasteiger partial charge in [-0.25, -0.2) is 4.79 Å². The lowest BCUT2D eigenvalue weighted by molar-refractivity contribution is -0.145. The smallest absolute Gasteiger partial charge is 0.344 e. The highest BCUT2D eigenvalue weighted by Crippen LogP contribution is 2.21. The second kappa shape index (κ2) is 8.97. The number of unbranched alkanes of at least 4 members (excludes halogenated alkanes) is 5. The molecule has 0 amide bonds. The van der Waals surface area contributed by atoms with Crippen LogP contribution in [0.1, 0.15) is 51.9 Å². The number of carboxylic acids is 1. The topological polar surface area (TPSA) is 46.5 Å². The zero-order valence-corrected chi connectivity index (χ0v) is 11.7. The summed E-state index contributed by atoms with van der Waals surface area (Å²) in [6, 6.07) is 3.67. The van der Waals surface area contributed by atoms with Crippen LogP contribution in [0.15, 0.2) is 17.5 Å². The van der Waals surface area contributed by atoms with Crippen molar-refractivity contribution in [3.05, 3.63) is 17.5 Å². The molecule has 3 nitrogen and oxygen atoms in total. The van der Waals surface area contributed by atoms with Crippen molar-refractivity contribution < 1.29 is 14.6 Å². The van der Waals surface area contributed by atoms with Crippen molar-refractivity contribution in [1.29, 1.82) is 0 Å². The van der Waals surface area contributed by atoms with Gasteiger partial charge in [-0.3, -0.25) is 0 Å². The van der Waals surface area contributed by atoms with E-state index in [0.717, 1.165) is 12.8 Å². The third-order valence-corrected chi connectivity index (χ3v) is 3.61. The van der Waals surface area contributed by atoms with Crippen molar-refractivity contribution >= 4 is 17.3 Å². The third-order valence-electron chi connectivity index (χ3n) is 2.85. The first-order valence-corrected chi connectivity index (χ1v) is 7.55. The van der Waals surface area contributed by atoms with E-state index < -0.39 is 12.1 Å². The number of hydrogen-bond acceptors (Lipinski definition) is 3. The molecule has 0 saturated carbocycles. The van der Waals surface area contributed by atoms with E-state index in [-0.39, 0.29) is 0 Å². The maximum Gasteiger partial charge on any atom is 0.344 e. The molecule has 18 heavy (non-hydrogen) atoms. The predicted octanol–water partition coefficient (Wildman–Crippen LogP) is 4.33. The molecule has 1 N–H and O–H groups in total. The molecule has 0 aromatic carbocycles. The van der Waals surface area contributed by atoms with E-state index in [1.807, 2.05) is 17.5 Å². The summed E-state index contributed by atoms with van der Waals surface area (Å²) in [5.41, 5.74) is 0. The van der Waals surface area contributed by atoms with Crippen LogP contribution in [0.2, 0.25) is 0 Å². The molecule has 0 radical (unpaired) electrons. The maximum atomic E-state index is 11.1. The molecule has 102 valence electrons. The van der Waals surface area contributed by atoms with Crippen molar-refractivity contribution in [2.75, 3.05) is 0 Å². The van der Waals surface area contributed by atoms with Gasteiger partial charge in [0, 0.05) is 0 Å². The van der Waals surface area contributed by atoms with Crippen molar-refractivity contribution in [3.8, 4) is 5.06 Å². The molecule has 4 heteroatoms. The van der Waals surface area contributed by atoms with Crippen LogP contribution in [-0.4, -0.2) is 17.2 Å². The fourth-order valence-electron chi connectivity index (χ4n) is 1.81. The minimum Gasteiger partial charge on any atom is -0.479 e. The lowest BCUT2D eigenvalue weighted by Gasteiger charge is -2.13. The van der Waals surface area contributed by atoms with Crippen LogP contribution < -0.4 is 4.74 Å². The van der Waals surface area contributed by atoms with Crippen LogP contribution in [-0.2, 0) is 4.79 Å². The summed E-state index contributed by atoms with van der Waals surface area (Å²) in [4.78, 5) is 11.1. The minimum atomic E-state index is -0.864. The zero-order chi connectivity index (χ0) is 13.2. The first-order chi connectivity index (χ1) is 8.74. The second-order valence-electron chi connectivity index (χ2n) is 4.43. The standard InChI is InChI=1S/C14H22O3S/c1-2-3-4-5-6-7-9-12(14(15)16)17-13-10-8-11-18-13/h8,10-12H,2-7,9H2,1H3,(H,15,16). The Balaban J connectivity index is 2.20. The predicted molar refractivity (Wildman–Crippen MR) is 74.4 cm³/mol. The number of aliphatic carboxylic acids is 1. The van der Waals surface area contributed by atoms with Crippen LogP contribution in [0.3, 0.4) is 0 Å². The molecule has 1 rings (SSSR count). The Bertz CT molecular complexity index is 322. The molecule has 0 spiro atoms. The molecule has 0 bridgehead atoms. The highest BCUT2D eigenvalue weighted by Gasteiger charge is 2.19. The van der Waals surface area contributed by atoms with Crippen LogP contribution >= 0.6 is 11.3 Å². The molecule has 1 aromatic heterocycles. The SMILES string of the molecule is CCCCCCCCC(Oc1cccs1)C(=O)O. The van der Waals surface area contributed by atoms with E-state index in [9.17, 15) is 4.79 Å². The lowest BCUT2D eigenvalue weighted by atomic mass is 10.1. The molecule has 0 fully saturated rings. The van der Waals surface area contributed by atoms with Gasteiger partial charge in [0.05, 0.1) is 0 Å². The third kappa shape index (κ3) is 6.05. The first kappa shape index (κ1) is 15.0. The maximum absolute atomic E-state index is 11.1. The number of carbonyl (C=O) groups is 1. The van der Waals surface area contributed by atoms with Crippen molar-refractivity contribution in [2.24, 2.45) is 0 Å². The molecule has 0 aliphatic rings. The van der Waals surface area contributed by atoms with E-state index in [1.165, 1.54) is 37.0 Å². The van der Waals surface area contributed by atoms with Gasteiger partial charge in [-0.05, 0) is 30.4 Å². The fraction of sp³-hybridized carbons (Fsp3) is 0.643. The summed E-state index contributed by atoms with van der Waals surface area (Å²) >= 11 is 1.43. The number of rotatable bonds is 10. The summed E-state index contributed by atoms with van der Waals surface area (Å²) in [5, 5.41) is 11.7. The summed E-state index contributed by atoms with van der Waals surface area (Å²) < 4.78 is 5.46. The van der Waals surface area contributed by atoms with Gasteiger partial charge in [0.2, 0.25) is 0 Å². The Morgan fingerprint density at radius 3 is 2.67 bits per heavy atom. The highest BCUT2D eigenvalue weighted by molar-refractivity contribution is 7.11. The summed E-state index contributed by atoms with van der Waals surface area (Å²) in [6.45, 7) is 2.19.